The molecule has 0 N–H and O–H groups in total. The van der Waals surface area contributed by atoms with E-state index in [2.05, 4.69) is 64.8 Å². The summed E-state index contributed by atoms with van der Waals surface area (Å²) < 4.78 is 0. The van der Waals surface area contributed by atoms with Crippen LogP contribution in [0.5, 0.6) is 0 Å². The van der Waals surface area contributed by atoms with Gasteiger partial charge in [-0.3, -0.25) is 0 Å². The molecule has 1 unspecified atom stereocenters. The van der Waals surface area contributed by atoms with Crippen LogP contribution in [0.1, 0.15) is 72.1 Å². The molecule has 3 saturated carbocycles. The van der Waals surface area contributed by atoms with Crippen LogP contribution in [0.2, 0.25) is 0 Å². The van der Waals surface area contributed by atoms with Gasteiger partial charge < -0.3 is 9.80 Å². The van der Waals surface area contributed by atoms with Crippen molar-refractivity contribution in [2.45, 2.75) is 84.2 Å². The lowest BCUT2D eigenvalue weighted by Crippen LogP contribution is -2.52. The highest BCUT2D eigenvalue weighted by Gasteiger charge is 2.59. The van der Waals surface area contributed by atoms with E-state index < -0.39 is 0 Å². The van der Waals surface area contributed by atoms with Crippen molar-refractivity contribution in [1.29, 1.82) is 0 Å². The molecule has 2 heteroatoms. The quantitative estimate of drug-likeness (QED) is 0.608. The minimum Gasteiger partial charge on any atom is -0.306 e. The highest BCUT2D eigenvalue weighted by Crippen LogP contribution is 2.66. The van der Waals surface area contributed by atoms with E-state index in [4.69, 9.17) is 0 Å². The smallest absolute Gasteiger partial charge is 0.0127 e. The second-order valence-electron chi connectivity index (χ2n) is 11.6. The predicted octanol–water partition coefficient (Wildman–Crippen LogP) is 5.45. The molecule has 0 aromatic rings. The summed E-state index contributed by atoms with van der Waals surface area (Å²) in [6.45, 7) is 7.81. The van der Waals surface area contributed by atoms with Crippen molar-refractivity contribution in [3.8, 4) is 0 Å². The minimum absolute atomic E-state index is 0.502. The Hall–Kier alpha value is -0.340. The Morgan fingerprint density at radius 2 is 1.70 bits per heavy atom. The van der Waals surface area contributed by atoms with E-state index in [0.717, 1.165) is 35.8 Å². The lowest BCUT2D eigenvalue weighted by atomic mass is 9.47. The number of hydrogen-bond acceptors (Lipinski definition) is 2. The molecule has 3 fully saturated rings. The molecule has 0 bridgehead atoms. The third-order valence-electron chi connectivity index (χ3n) is 10.3. The molecule has 0 aromatic heterocycles. The van der Waals surface area contributed by atoms with Crippen LogP contribution in [0.4, 0.5) is 0 Å². The van der Waals surface area contributed by atoms with Crippen molar-refractivity contribution in [2.24, 2.45) is 34.5 Å². The van der Waals surface area contributed by atoms with Crippen LogP contribution >= 0.6 is 0 Å². The van der Waals surface area contributed by atoms with Crippen LogP contribution in [-0.4, -0.2) is 50.1 Å². The van der Waals surface area contributed by atoms with Gasteiger partial charge in [-0.1, -0.05) is 25.5 Å². The van der Waals surface area contributed by atoms with Gasteiger partial charge in [-0.05, 0) is 121 Å². The second kappa shape index (κ2) is 6.87. The van der Waals surface area contributed by atoms with E-state index in [1.165, 1.54) is 51.4 Å². The van der Waals surface area contributed by atoms with Gasteiger partial charge in [0.2, 0.25) is 0 Å². The normalized spacial score (nSPS) is 48.0. The van der Waals surface area contributed by atoms with E-state index >= 15 is 0 Å². The Morgan fingerprint density at radius 1 is 0.963 bits per heavy atom. The third-order valence-corrected chi connectivity index (χ3v) is 10.3. The first-order valence-electron chi connectivity index (χ1n) is 11.7. The summed E-state index contributed by atoms with van der Waals surface area (Å²) in [4.78, 5) is 4.95. The molecule has 0 spiro atoms. The van der Waals surface area contributed by atoms with Crippen molar-refractivity contribution in [1.82, 2.24) is 9.80 Å². The Bertz CT molecular complexity index is 593. The summed E-state index contributed by atoms with van der Waals surface area (Å²) in [5.74, 6) is 3.76. The van der Waals surface area contributed by atoms with Gasteiger partial charge in [0.25, 0.3) is 0 Å². The minimum atomic E-state index is 0.502. The molecular formula is C25H44N2. The van der Waals surface area contributed by atoms with E-state index in [9.17, 15) is 0 Å². The highest BCUT2D eigenvalue weighted by molar-refractivity contribution is 5.26. The molecule has 0 aliphatic heterocycles. The van der Waals surface area contributed by atoms with Crippen molar-refractivity contribution in [2.75, 3.05) is 28.2 Å². The topological polar surface area (TPSA) is 6.48 Å². The summed E-state index contributed by atoms with van der Waals surface area (Å²) in [5.41, 5.74) is 2.91. The van der Waals surface area contributed by atoms with Crippen molar-refractivity contribution >= 4 is 0 Å². The highest BCUT2D eigenvalue weighted by atomic mass is 15.1. The second-order valence-corrected chi connectivity index (χ2v) is 11.6. The average molecular weight is 373 g/mol. The maximum absolute atomic E-state index is 2.73. The molecule has 8 atom stereocenters. The van der Waals surface area contributed by atoms with E-state index in [1.54, 1.807) is 0 Å². The van der Waals surface area contributed by atoms with Crippen molar-refractivity contribution in [3.05, 3.63) is 11.6 Å². The molecule has 0 aromatic carbocycles. The monoisotopic (exact) mass is 372 g/mol. The van der Waals surface area contributed by atoms with Crippen molar-refractivity contribution in [3.63, 3.8) is 0 Å². The van der Waals surface area contributed by atoms with E-state index in [1.807, 2.05) is 5.57 Å². The molecular weight excluding hydrogens is 328 g/mol. The average Bonchev–Trinajstić information content (AvgIpc) is 2.97. The van der Waals surface area contributed by atoms with Crippen molar-refractivity contribution < 1.29 is 0 Å². The van der Waals surface area contributed by atoms with Gasteiger partial charge in [0.1, 0.15) is 0 Å². The van der Waals surface area contributed by atoms with Gasteiger partial charge in [-0.2, -0.15) is 0 Å². The van der Waals surface area contributed by atoms with E-state index in [0.29, 0.717) is 10.8 Å². The molecule has 4 aliphatic rings. The first-order chi connectivity index (χ1) is 12.7. The van der Waals surface area contributed by atoms with Gasteiger partial charge in [0.05, 0.1) is 0 Å². The maximum Gasteiger partial charge on any atom is 0.0127 e. The summed E-state index contributed by atoms with van der Waals surface area (Å²) in [6, 6.07) is 1.49. The number of rotatable bonds is 3. The predicted molar refractivity (Wildman–Crippen MR) is 116 cm³/mol. The zero-order valence-electron chi connectivity index (χ0n) is 19.1. The van der Waals surface area contributed by atoms with Crippen LogP contribution in [-0.2, 0) is 0 Å². The summed E-state index contributed by atoms with van der Waals surface area (Å²) >= 11 is 0. The number of allylic oxidation sites excluding steroid dienone is 1. The van der Waals surface area contributed by atoms with Gasteiger partial charge in [0, 0.05) is 12.1 Å². The fourth-order valence-electron chi connectivity index (χ4n) is 8.28. The summed E-state index contributed by atoms with van der Waals surface area (Å²) in [5, 5.41) is 0. The molecule has 0 radical (unpaired) electrons. The lowest BCUT2D eigenvalue weighted by molar-refractivity contribution is -0.0550. The molecule has 27 heavy (non-hydrogen) atoms. The zero-order chi connectivity index (χ0) is 19.6. The maximum atomic E-state index is 2.73. The first-order valence-corrected chi connectivity index (χ1v) is 11.7. The fraction of sp³-hybridized carbons (Fsp3) is 0.920. The number of nitrogens with zero attached hydrogens (tertiary/aromatic N) is 2. The molecule has 4 aliphatic carbocycles. The summed E-state index contributed by atoms with van der Waals surface area (Å²) in [6.07, 6.45) is 14.1. The van der Waals surface area contributed by atoms with Crippen LogP contribution in [0.15, 0.2) is 11.6 Å². The fourth-order valence-corrected chi connectivity index (χ4v) is 8.28. The largest absolute Gasteiger partial charge is 0.306 e. The molecule has 0 amide bonds. The SMILES string of the molecule is CC([C@H]1CC[C@H]2[C@@H]3CC=C4C[C@@H](N(C)C)CC[C@]4(C)[C@H]3CC[C@]12C)N(C)C. The van der Waals surface area contributed by atoms with E-state index in [-0.39, 0.29) is 0 Å². The molecule has 0 heterocycles. The Labute approximate surface area is 168 Å². The first kappa shape index (κ1) is 20.0. The van der Waals surface area contributed by atoms with Gasteiger partial charge in [-0.25, -0.2) is 0 Å². The summed E-state index contributed by atoms with van der Waals surface area (Å²) in [7, 11) is 9.12. The van der Waals surface area contributed by atoms with Gasteiger partial charge >= 0.3 is 0 Å². The Balaban J connectivity index is 1.59. The standard InChI is InChI=1S/C25H44N2/c1-17(26(4)5)21-10-11-22-20-9-8-18-16-19(27(6)7)12-14-24(18,2)23(20)13-15-25(21,22)3/h8,17,19-23H,9-16H2,1-7H3/t17?,19-,20-,21+,22-,23-,24-,25+/m0/s1. The number of hydrogen-bond donors (Lipinski definition) is 0. The van der Waals surface area contributed by atoms with Gasteiger partial charge in [-0.15, -0.1) is 0 Å². The van der Waals surface area contributed by atoms with Crippen LogP contribution in [0.25, 0.3) is 0 Å². The van der Waals surface area contributed by atoms with Gasteiger partial charge in [0.15, 0.2) is 0 Å². The molecule has 2 nitrogen and oxygen atoms in total. The van der Waals surface area contributed by atoms with Crippen LogP contribution in [0, 0.1) is 34.5 Å². The third kappa shape index (κ3) is 2.96. The molecule has 4 rings (SSSR count). The number of fused-ring (bicyclic) bond motifs is 5. The Morgan fingerprint density at radius 3 is 2.37 bits per heavy atom. The van der Waals surface area contributed by atoms with Crippen LogP contribution in [0.3, 0.4) is 0 Å². The molecule has 154 valence electrons. The zero-order valence-corrected chi connectivity index (χ0v) is 19.1. The lowest BCUT2D eigenvalue weighted by Gasteiger charge is -2.59. The van der Waals surface area contributed by atoms with Crippen LogP contribution < -0.4 is 0 Å². The Kier molecular flexibility index (Phi) is 5.08. The molecule has 0 saturated heterocycles.